The standard InChI is InChI=1S/C21H26N4O3/c1-14-10-21(26)25-20(22-14)12-17(23-25)18-6-4-5-9-24(18)13-15-7-8-16(27-2)11-19(15)28-3/h7-8,10-12,18,23H,4-6,9,13H2,1-3H3/t18-/m0/s1. The summed E-state index contributed by atoms with van der Waals surface area (Å²) in [5, 5.41) is 3.27. The first-order valence-electron chi connectivity index (χ1n) is 9.63. The van der Waals surface area contributed by atoms with Gasteiger partial charge in [0.25, 0.3) is 5.56 Å². The summed E-state index contributed by atoms with van der Waals surface area (Å²) in [5.41, 5.74) is 3.49. The number of methoxy groups -OCH3 is 2. The van der Waals surface area contributed by atoms with Gasteiger partial charge in [-0.15, -0.1) is 0 Å². The van der Waals surface area contributed by atoms with Crippen molar-refractivity contribution in [3.05, 3.63) is 57.6 Å². The van der Waals surface area contributed by atoms with Crippen molar-refractivity contribution in [1.82, 2.24) is 19.5 Å². The zero-order valence-corrected chi connectivity index (χ0v) is 16.6. The number of piperidine rings is 1. The molecule has 1 fully saturated rings. The van der Waals surface area contributed by atoms with Gasteiger partial charge >= 0.3 is 0 Å². The Morgan fingerprint density at radius 3 is 2.82 bits per heavy atom. The van der Waals surface area contributed by atoms with Gasteiger partial charge in [0.1, 0.15) is 11.5 Å². The lowest BCUT2D eigenvalue weighted by atomic mass is 9.98. The molecule has 0 radical (unpaired) electrons. The fourth-order valence-corrected chi connectivity index (χ4v) is 4.03. The molecule has 0 saturated carbocycles. The minimum absolute atomic E-state index is 0.0760. The van der Waals surface area contributed by atoms with E-state index in [0.29, 0.717) is 5.65 Å². The van der Waals surface area contributed by atoms with Gasteiger partial charge in [-0.1, -0.05) is 12.5 Å². The molecule has 3 heterocycles. The summed E-state index contributed by atoms with van der Waals surface area (Å²) in [6, 6.07) is 9.71. The van der Waals surface area contributed by atoms with Gasteiger partial charge in [0, 0.05) is 36.0 Å². The lowest BCUT2D eigenvalue weighted by molar-refractivity contribution is 0.135. The number of likely N-dealkylation sites (tertiary alicyclic amines) is 1. The molecule has 28 heavy (non-hydrogen) atoms. The Morgan fingerprint density at radius 1 is 1.18 bits per heavy atom. The van der Waals surface area contributed by atoms with Crippen molar-refractivity contribution in [2.24, 2.45) is 0 Å². The number of benzene rings is 1. The minimum atomic E-state index is -0.0760. The number of aryl methyl sites for hydroxylation is 1. The Hall–Kier alpha value is -2.80. The van der Waals surface area contributed by atoms with E-state index in [4.69, 9.17) is 9.47 Å². The molecule has 0 amide bonds. The number of nitrogens with zero attached hydrogens (tertiary/aromatic N) is 3. The first-order valence-corrected chi connectivity index (χ1v) is 9.63. The lowest BCUT2D eigenvalue weighted by Gasteiger charge is -2.35. The third kappa shape index (κ3) is 3.49. The quantitative estimate of drug-likeness (QED) is 0.734. The first-order chi connectivity index (χ1) is 13.6. The summed E-state index contributed by atoms with van der Waals surface area (Å²) < 4.78 is 12.4. The van der Waals surface area contributed by atoms with Crippen LogP contribution in [0.1, 0.15) is 42.3 Å². The normalized spacial score (nSPS) is 17.8. The van der Waals surface area contributed by atoms with Crippen molar-refractivity contribution in [1.29, 1.82) is 0 Å². The second-order valence-electron chi connectivity index (χ2n) is 7.30. The maximum absolute atomic E-state index is 12.3. The van der Waals surface area contributed by atoms with E-state index in [1.54, 1.807) is 20.3 Å². The molecule has 1 aromatic carbocycles. The number of fused-ring (bicyclic) bond motifs is 1. The van der Waals surface area contributed by atoms with Crippen molar-refractivity contribution in [3.8, 4) is 11.5 Å². The molecule has 1 aliphatic heterocycles. The second-order valence-corrected chi connectivity index (χ2v) is 7.30. The van der Waals surface area contributed by atoms with Crippen molar-refractivity contribution in [3.63, 3.8) is 0 Å². The predicted octanol–water partition coefficient (Wildman–Crippen LogP) is 3.08. The van der Waals surface area contributed by atoms with Crippen LogP contribution in [0, 0.1) is 6.92 Å². The Bertz CT molecular complexity index is 1040. The fourth-order valence-electron chi connectivity index (χ4n) is 4.03. The Morgan fingerprint density at radius 2 is 2.04 bits per heavy atom. The van der Waals surface area contributed by atoms with E-state index in [-0.39, 0.29) is 11.6 Å². The minimum Gasteiger partial charge on any atom is -0.497 e. The van der Waals surface area contributed by atoms with Crippen LogP contribution in [0.3, 0.4) is 0 Å². The molecular formula is C21H26N4O3. The highest BCUT2D eigenvalue weighted by atomic mass is 16.5. The van der Waals surface area contributed by atoms with Crippen molar-refractivity contribution in [2.75, 3.05) is 20.8 Å². The fraction of sp³-hybridized carbons (Fsp3) is 0.429. The highest BCUT2D eigenvalue weighted by Crippen LogP contribution is 2.34. The van der Waals surface area contributed by atoms with E-state index in [1.165, 1.54) is 4.52 Å². The molecule has 1 N–H and O–H groups in total. The zero-order chi connectivity index (χ0) is 19.7. The van der Waals surface area contributed by atoms with Gasteiger partial charge in [0.15, 0.2) is 5.65 Å². The summed E-state index contributed by atoms with van der Waals surface area (Å²) in [6.07, 6.45) is 3.36. The van der Waals surface area contributed by atoms with Crippen LogP contribution in [0.4, 0.5) is 0 Å². The first kappa shape index (κ1) is 18.6. The van der Waals surface area contributed by atoms with Crippen LogP contribution in [0.15, 0.2) is 35.1 Å². The maximum Gasteiger partial charge on any atom is 0.272 e. The van der Waals surface area contributed by atoms with E-state index in [1.807, 2.05) is 25.1 Å². The van der Waals surface area contributed by atoms with Gasteiger partial charge in [-0.3, -0.25) is 14.8 Å². The monoisotopic (exact) mass is 382 g/mol. The van der Waals surface area contributed by atoms with Crippen molar-refractivity contribution < 1.29 is 9.47 Å². The molecule has 0 unspecified atom stereocenters. The Kier molecular flexibility index (Phi) is 5.09. The number of H-pyrrole nitrogens is 1. The number of rotatable bonds is 5. The number of aromatic nitrogens is 3. The molecule has 0 bridgehead atoms. The third-order valence-corrected chi connectivity index (χ3v) is 5.44. The highest BCUT2D eigenvalue weighted by molar-refractivity contribution is 5.42. The Balaban J connectivity index is 1.66. The van der Waals surface area contributed by atoms with E-state index in [2.05, 4.69) is 21.0 Å². The highest BCUT2D eigenvalue weighted by Gasteiger charge is 2.27. The Labute approximate surface area is 163 Å². The van der Waals surface area contributed by atoms with E-state index < -0.39 is 0 Å². The topological polar surface area (TPSA) is 71.9 Å². The van der Waals surface area contributed by atoms with E-state index in [0.717, 1.165) is 60.8 Å². The number of ether oxygens (including phenoxy) is 2. The summed E-state index contributed by atoms with van der Waals surface area (Å²) in [5.74, 6) is 1.61. The average molecular weight is 382 g/mol. The van der Waals surface area contributed by atoms with E-state index in [9.17, 15) is 4.79 Å². The zero-order valence-electron chi connectivity index (χ0n) is 16.6. The average Bonchev–Trinajstić information content (AvgIpc) is 3.13. The molecule has 1 atom stereocenters. The van der Waals surface area contributed by atoms with Crippen LogP contribution in [0.5, 0.6) is 11.5 Å². The second kappa shape index (κ2) is 7.67. The third-order valence-electron chi connectivity index (χ3n) is 5.44. The molecule has 0 aliphatic carbocycles. The molecule has 1 aliphatic rings. The van der Waals surface area contributed by atoms with Crippen LogP contribution >= 0.6 is 0 Å². The van der Waals surface area contributed by atoms with Gasteiger partial charge < -0.3 is 9.47 Å². The largest absolute Gasteiger partial charge is 0.497 e. The smallest absolute Gasteiger partial charge is 0.272 e. The molecule has 2 aromatic heterocycles. The molecule has 0 spiro atoms. The van der Waals surface area contributed by atoms with Crippen LogP contribution in [-0.4, -0.2) is 40.3 Å². The van der Waals surface area contributed by atoms with Crippen LogP contribution in [0.2, 0.25) is 0 Å². The molecule has 1 saturated heterocycles. The summed E-state index contributed by atoms with van der Waals surface area (Å²) >= 11 is 0. The molecule has 7 heteroatoms. The SMILES string of the molecule is COc1ccc(CN2CCCC[C@H]2c2cc3nc(C)cc(=O)n3[nH]2)c(OC)c1. The molecular weight excluding hydrogens is 356 g/mol. The van der Waals surface area contributed by atoms with Crippen molar-refractivity contribution >= 4 is 5.65 Å². The number of aromatic amines is 1. The molecule has 7 nitrogen and oxygen atoms in total. The lowest BCUT2D eigenvalue weighted by Crippen LogP contribution is -2.33. The number of hydrogen-bond acceptors (Lipinski definition) is 5. The van der Waals surface area contributed by atoms with Gasteiger partial charge in [-0.05, 0) is 32.4 Å². The molecule has 3 aromatic rings. The van der Waals surface area contributed by atoms with Gasteiger partial charge in [0.2, 0.25) is 0 Å². The van der Waals surface area contributed by atoms with Crippen molar-refractivity contribution in [2.45, 2.75) is 38.8 Å². The summed E-state index contributed by atoms with van der Waals surface area (Å²) in [6.45, 7) is 3.61. The van der Waals surface area contributed by atoms with Crippen LogP contribution < -0.4 is 15.0 Å². The van der Waals surface area contributed by atoms with Gasteiger partial charge in [0.05, 0.1) is 26.0 Å². The van der Waals surface area contributed by atoms with Crippen LogP contribution in [-0.2, 0) is 6.54 Å². The summed E-state index contributed by atoms with van der Waals surface area (Å²) in [4.78, 5) is 19.2. The van der Waals surface area contributed by atoms with Gasteiger partial charge in [-0.2, -0.15) is 0 Å². The number of hydrogen-bond donors (Lipinski definition) is 1. The van der Waals surface area contributed by atoms with E-state index >= 15 is 0 Å². The molecule has 148 valence electrons. The predicted molar refractivity (Wildman–Crippen MR) is 107 cm³/mol. The van der Waals surface area contributed by atoms with Gasteiger partial charge in [-0.25, -0.2) is 9.50 Å². The van der Waals surface area contributed by atoms with Crippen LogP contribution in [0.25, 0.3) is 5.65 Å². The number of nitrogens with one attached hydrogen (secondary N) is 1. The maximum atomic E-state index is 12.3. The summed E-state index contributed by atoms with van der Waals surface area (Å²) in [7, 11) is 3.34. The molecule has 4 rings (SSSR count).